The van der Waals surface area contributed by atoms with E-state index in [1.807, 2.05) is 0 Å². The summed E-state index contributed by atoms with van der Waals surface area (Å²) in [6.45, 7) is 5.71. The monoisotopic (exact) mass is 334 g/mol. The van der Waals surface area contributed by atoms with E-state index in [1.165, 1.54) is 10.8 Å². The third kappa shape index (κ3) is 2.39. The Hall–Kier alpha value is -0.900. The topological polar surface area (TPSA) is 18.5 Å². The Morgan fingerprint density at radius 3 is 2.35 bits per heavy atom. The molecular weight excluding hydrogens is 316 g/mol. The van der Waals surface area contributed by atoms with Gasteiger partial charge in [0.1, 0.15) is 0 Å². The van der Waals surface area contributed by atoms with Gasteiger partial charge >= 0.3 is 0 Å². The zero-order valence-corrected chi connectivity index (χ0v) is 13.4. The van der Waals surface area contributed by atoms with Crippen molar-refractivity contribution in [2.24, 2.45) is 5.41 Å². The molecule has 0 saturated carbocycles. The molecular formula is C17H19BrO2. The Morgan fingerprint density at radius 1 is 1.00 bits per heavy atom. The molecule has 2 aromatic carbocycles. The van der Waals surface area contributed by atoms with Crippen LogP contribution in [0.3, 0.4) is 0 Å². The van der Waals surface area contributed by atoms with E-state index in [-0.39, 0.29) is 5.41 Å². The van der Waals surface area contributed by atoms with E-state index < -0.39 is 5.79 Å². The number of hydrogen-bond acceptors (Lipinski definition) is 2. The van der Waals surface area contributed by atoms with E-state index in [0.717, 1.165) is 5.56 Å². The molecule has 2 nitrogen and oxygen atoms in total. The summed E-state index contributed by atoms with van der Waals surface area (Å²) in [5.41, 5.74) is 1.17. The Morgan fingerprint density at radius 2 is 1.65 bits per heavy atom. The number of ether oxygens (including phenoxy) is 2. The van der Waals surface area contributed by atoms with Crippen molar-refractivity contribution < 1.29 is 9.47 Å². The highest BCUT2D eigenvalue weighted by molar-refractivity contribution is 9.09. The zero-order valence-electron chi connectivity index (χ0n) is 11.9. The minimum Gasteiger partial charge on any atom is -0.345 e. The lowest BCUT2D eigenvalue weighted by Crippen LogP contribution is -2.46. The molecule has 3 rings (SSSR count). The summed E-state index contributed by atoms with van der Waals surface area (Å²) in [5.74, 6) is -0.684. The van der Waals surface area contributed by atoms with Crippen LogP contribution >= 0.6 is 15.9 Å². The molecule has 1 aliphatic rings. The quantitative estimate of drug-likeness (QED) is 0.755. The van der Waals surface area contributed by atoms with Crippen molar-refractivity contribution in [1.29, 1.82) is 0 Å². The molecule has 0 amide bonds. The lowest BCUT2D eigenvalue weighted by atomic mass is 9.92. The SMILES string of the molecule is CC1(C)COC(CBr)(c2cccc3ccccc23)OC1. The molecule has 0 atom stereocenters. The van der Waals surface area contributed by atoms with Gasteiger partial charge in [-0.25, -0.2) is 0 Å². The standard InChI is InChI=1S/C17H19BrO2/c1-16(2)11-19-17(10-18,20-12-16)15-9-5-7-13-6-3-4-8-14(13)15/h3-9H,10-12H2,1-2H3. The van der Waals surface area contributed by atoms with Crippen LogP contribution < -0.4 is 0 Å². The number of halogens is 1. The van der Waals surface area contributed by atoms with Crippen molar-refractivity contribution in [2.45, 2.75) is 19.6 Å². The van der Waals surface area contributed by atoms with E-state index in [1.54, 1.807) is 0 Å². The van der Waals surface area contributed by atoms with E-state index >= 15 is 0 Å². The number of alkyl halides is 1. The van der Waals surface area contributed by atoms with Gasteiger partial charge in [0.2, 0.25) is 5.79 Å². The summed E-state index contributed by atoms with van der Waals surface area (Å²) in [6.07, 6.45) is 0. The van der Waals surface area contributed by atoms with Crippen molar-refractivity contribution in [3.63, 3.8) is 0 Å². The Bertz CT molecular complexity index is 606. The highest BCUT2D eigenvalue weighted by atomic mass is 79.9. The van der Waals surface area contributed by atoms with Crippen LogP contribution in [0, 0.1) is 5.41 Å². The molecule has 0 unspecified atom stereocenters. The molecule has 0 bridgehead atoms. The second-order valence-corrected chi connectivity index (χ2v) is 6.72. The number of benzene rings is 2. The molecule has 106 valence electrons. The fourth-order valence-corrected chi connectivity index (χ4v) is 3.20. The van der Waals surface area contributed by atoms with Gasteiger partial charge in [0.05, 0.1) is 18.5 Å². The van der Waals surface area contributed by atoms with E-state index in [2.05, 4.69) is 72.2 Å². The number of fused-ring (bicyclic) bond motifs is 1. The van der Waals surface area contributed by atoms with Crippen molar-refractivity contribution in [2.75, 3.05) is 18.5 Å². The molecule has 1 saturated heterocycles. The first-order valence-corrected chi connectivity index (χ1v) is 8.01. The first kappa shape index (κ1) is 14.1. The van der Waals surface area contributed by atoms with Gasteiger partial charge in [-0.15, -0.1) is 0 Å². The second kappa shape index (κ2) is 5.14. The summed E-state index contributed by atoms with van der Waals surface area (Å²) in [6, 6.07) is 14.6. The van der Waals surface area contributed by atoms with Crippen molar-refractivity contribution in [3.05, 3.63) is 48.0 Å². The summed E-state index contributed by atoms with van der Waals surface area (Å²) in [5, 5.41) is 3.03. The highest BCUT2D eigenvalue weighted by Crippen LogP contribution is 2.40. The molecule has 3 heteroatoms. The van der Waals surface area contributed by atoms with Crippen LogP contribution in [0.25, 0.3) is 10.8 Å². The van der Waals surface area contributed by atoms with Gasteiger partial charge < -0.3 is 9.47 Å². The third-order valence-electron chi connectivity index (χ3n) is 3.77. The predicted octanol–water partition coefficient (Wildman–Crippen LogP) is 4.46. The normalized spacial score (nSPS) is 20.9. The summed E-state index contributed by atoms with van der Waals surface area (Å²) >= 11 is 3.58. The van der Waals surface area contributed by atoms with Gasteiger partial charge in [0, 0.05) is 11.0 Å². The molecule has 0 aromatic heterocycles. The van der Waals surface area contributed by atoms with Crippen LogP contribution in [-0.2, 0) is 15.3 Å². The Labute approximate surface area is 128 Å². The maximum Gasteiger partial charge on any atom is 0.205 e. The molecule has 0 radical (unpaired) electrons. The van der Waals surface area contributed by atoms with E-state index in [4.69, 9.17) is 9.47 Å². The predicted molar refractivity (Wildman–Crippen MR) is 85.1 cm³/mol. The van der Waals surface area contributed by atoms with E-state index in [0.29, 0.717) is 18.5 Å². The van der Waals surface area contributed by atoms with Gasteiger partial charge in [-0.2, -0.15) is 0 Å². The lowest BCUT2D eigenvalue weighted by molar-refractivity contribution is -0.293. The summed E-state index contributed by atoms with van der Waals surface area (Å²) < 4.78 is 12.3. The number of hydrogen-bond donors (Lipinski definition) is 0. The Kier molecular flexibility index (Phi) is 3.61. The van der Waals surface area contributed by atoms with Gasteiger partial charge in [-0.1, -0.05) is 72.2 Å². The average Bonchev–Trinajstić information content (AvgIpc) is 2.48. The van der Waals surface area contributed by atoms with Crippen LogP contribution in [-0.4, -0.2) is 18.5 Å². The van der Waals surface area contributed by atoms with Crippen LogP contribution in [0.1, 0.15) is 19.4 Å². The molecule has 0 spiro atoms. The minimum atomic E-state index is -0.684. The summed E-state index contributed by atoms with van der Waals surface area (Å²) in [7, 11) is 0. The van der Waals surface area contributed by atoms with Gasteiger partial charge in [0.15, 0.2) is 0 Å². The molecule has 1 heterocycles. The smallest absolute Gasteiger partial charge is 0.205 e. The van der Waals surface area contributed by atoms with Crippen LogP contribution in [0.4, 0.5) is 0 Å². The maximum absolute atomic E-state index is 6.16. The number of rotatable bonds is 2. The maximum atomic E-state index is 6.16. The van der Waals surface area contributed by atoms with Crippen LogP contribution in [0.5, 0.6) is 0 Å². The van der Waals surface area contributed by atoms with Crippen molar-refractivity contribution in [1.82, 2.24) is 0 Å². The zero-order chi connectivity index (χ0) is 14.2. The summed E-state index contributed by atoms with van der Waals surface area (Å²) in [4.78, 5) is 0. The Balaban J connectivity index is 2.08. The average molecular weight is 335 g/mol. The van der Waals surface area contributed by atoms with Gasteiger partial charge in [-0.3, -0.25) is 0 Å². The van der Waals surface area contributed by atoms with Crippen LogP contribution in [0.2, 0.25) is 0 Å². The highest BCUT2D eigenvalue weighted by Gasteiger charge is 2.42. The van der Waals surface area contributed by atoms with E-state index in [9.17, 15) is 0 Å². The molecule has 0 aliphatic carbocycles. The van der Waals surface area contributed by atoms with Crippen molar-refractivity contribution >= 4 is 26.7 Å². The third-order valence-corrected chi connectivity index (χ3v) is 4.51. The van der Waals surface area contributed by atoms with Crippen molar-refractivity contribution in [3.8, 4) is 0 Å². The second-order valence-electron chi connectivity index (χ2n) is 6.15. The largest absolute Gasteiger partial charge is 0.345 e. The minimum absolute atomic E-state index is 0.0657. The first-order valence-electron chi connectivity index (χ1n) is 6.88. The molecule has 1 fully saturated rings. The van der Waals surface area contributed by atoms with Crippen LogP contribution in [0.15, 0.2) is 42.5 Å². The lowest BCUT2D eigenvalue weighted by Gasteiger charge is -2.43. The molecule has 0 N–H and O–H groups in total. The molecule has 1 aliphatic heterocycles. The molecule has 2 aromatic rings. The first-order chi connectivity index (χ1) is 9.56. The fraction of sp³-hybridized carbons (Fsp3) is 0.412. The molecule has 20 heavy (non-hydrogen) atoms. The van der Waals surface area contributed by atoms with Gasteiger partial charge in [-0.05, 0) is 10.8 Å². The fourth-order valence-electron chi connectivity index (χ4n) is 2.57. The van der Waals surface area contributed by atoms with Gasteiger partial charge in [0.25, 0.3) is 0 Å².